The molecule has 0 saturated carbocycles. The van der Waals surface area contributed by atoms with Crippen LogP contribution in [0.2, 0.25) is 0 Å². The molecule has 0 atom stereocenters. The van der Waals surface area contributed by atoms with E-state index in [-0.39, 0.29) is 0 Å². The van der Waals surface area contributed by atoms with Gasteiger partial charge in [-0.05, 0) is 36.4 Å². The van der Waals surface area contributed by atoms with Gasteiger partial charge in [0.1, 0.15) is 5.75 Å². The molecule has 0 unspecified atom stereocenters. The van der Waals surface area contributed by atoms with Gasteiger partial charge in [-0.2, -0.15) is 0 Å². The summed E-state index contributed by atoms with van der Waals surface area (Å²) in [6.07, 6.45) is 0. The van der Waals surface area contributed by atoms with Crippen molar-refractivity contribution in [1.82, 2.24) is 19.7 Å². The van der Waals surface area contributed by atoms with Gasteiger partial charge in [0.25, 0.3) is 0 Å². The molecule has 6 nitrogen and oxygen atoms in total. The van der Waals surface area contributed by atoms with Gasteiger partial charge in [-0.25, -0.2) is 4.98 Å². The minimum Gasteiger partial charge on any atom is -0.497 e. The smallest absolute Gasteiger partial charge is 0.191 e. The van der Waals surface area contributed by atoms with E-state index in [9.17, 15) is 0 Å². The van der Waals surface area contributed by atoms with Gasteiger partial charge in [-0.3, -0.25) is 0 Å². The molecule has 0 fully saturated rings. The molecule has 4 aromatic rings. The Bertz CT molecular complexity index is 1040. The van der Waals surface area contributed by atoms with Crippen molar-refractivity contribution in [3.05, 3.63) is 65.7 Å². The number of methoxy groups -OCH3 is 1. The second kappa shape index (κ2) is 8.45. The molecule has 0 radical (unpaired) electrons. The van der Waals surface area contributed by atoms with Gasteiger partial charge >= 0.3 is 0 Å². The first-order valence-corrected chi connectivity index (χ1v) is 10.5. The highest BCUT2D eigenvalue weighted by Gasteiger charge is 2.12. The van der Waals surface area contributed by atoms with Crippen LogP contribution in [0, 0.1) is 0 Å². The SMILES string of the molecule is COc1ccc(-c2nnc(SCc3csc(Nc4ccccc4)n3)n2C)cc1. The third kappa shape index (κ3) is 4.18. The number of thioether (sulfide) groups is 1. The monoisotopic (exact) mass is 409 g/mol. The first kappa shape index (κ1) is 18.5. The lowest BCUT2D eigenvalue weighted by molar-refractivity contribution is 0.415. The van der Waals surface area contributed by atoms with Gasteiger partial charge in [-0.1, -0.05) is 30.0 Å². The molecule has 0 saturated heterocycles. The average Bonchev–Trinajstić information content (AvgIpc) is 3.33. The highest BCUT2D eigenvalue weighted by atomic mass is 32.2. The van der Waals surface area contributed by atoms with Crippen molar-refractivity contribution in [3.8, 4) is 17.1 Å². The summed E-state index contributed by atoms with van der Waals surface area (Å²) in [6, 6.07) is 17.9. The molecule has 4 rings (SSSR count). The summed E-state index contributed by atoms with van der Waals surface area (Å²) < 4.78 is 7.21. The van der Waals surface area contributed by atoms with Crippen LogP contribution < -0.4 is 10.1 Å². The normalized spacial score (nSPS) is 10.8. The number of hydrogen-bond donors (Lipinski definition) is 1. The number of hydrogen-bond acceptors (Lipinski definition) is 7. The molecule has 0 aliphatic carbocycles. The average molecular weight is 410 g/mol. The quantitative estimate of drug-likeness (QED) is 0.434. The van der Waals surface area contributed by atoms with Gasteiger partial charge in [-0.15, -0.1) is 21.5 Å². The Morgan fingerprint density at radius 3 is 2.61 bits per heavy atom. The minimum absolute atomic E-state index is 0.738. The number of thiazole rings is 1. The molecule has 0 aliphatic heterocycles. The highest BCUT2D eigenvalue weighted by Crippen LogP contribution is 2.28. The standard InChI is InChI=1S/C20H19N5OS2/c1-25-18(14-8-10-17(26-2)11-9-14)23-24-20(25)28-13-16-12-27-19(22-16)21-15-6-4-3-5-7-15/h3-12H,13H2,1-2H3,(H,21,22). The number of para-hydroxylation sites is 1. The van der Waals surface area contributed by atoms with Crippen molar-refractivity contribution in [3.63, 3.8) is 0 Å². The second-order valence-electron chi connectivity index (χ2n) is 6.02. The Balaban J connectivity index is 1.41. The van der Waals surface area contributed by atoms with Crippen LogP contribution in [0.3, 0.4) is 0 Å². The van der Waals surface area contributed by atoms with E-state index in [1.807, 2.05) is 66.2 Å². The molecule has 0 spiro atoms. The molecule has 2 aromatic carbocycles. The topological polar surface area (TPSA) is 64.9 Å². The first-order valence-electron chi connectivity index (χ1n) is 8.66. The van der Waals surface area contributed by atoms with E-state index in [1.54, 1.807) is 30.2 Å². The van der Waals surface area contributed by atoms with Crippen molar-refractivity contribution in [2.45, 2.75) is 10.9 Å². The lowest BCUT2D eigenvalue weighted by Gasteiger charge is -2.04. The maximum Gasteiger partial charge on any atom is 0.191 e. The molecule has 8 heteroatoms. The summed E-state index contributed by atoms with van der Waals surface area (Å²) in [5.41, 5.74) is 3.06. The van der Waals surface area contributed by atoms with Crippen LogP contribution in [-0.4, -0.2) is 26.9 Å². The zero-order valence-corrected chi connectivity index (χ0v) is 17.1. The van der Waals surface area contributed by atoms with Crippen molar-refractivity contribution in [2.24, 2.45) is 7.05 Å². The van der Waals surface area contributed by atoms with E-state index in [1.165, 1.54) is 0 Å². The van der Waals surface area contributed by atoms with Crippen molar-refractivity contribution >= 4 is 33.9 Å². The van der Waals surface area contributed by atoms with E-state index >= 15 is 0 Å². The maximum atomic E-state index is 5.21. The summed E-state index contributed by atoms with van der Waals surface area (Å²) in [4.78, 5) is 4.65. The predicted molar refractivity (Wildman–Crippen MR) is 114 cm³/mol. The number of nitrogens with zero attached hydrogens (tertiary/aromatic N) is 4. The third-order valence-corrected chi connectivity index (χ3v) is 5.97. The van der Waals surface area contributed by atoms with Crippen LogP contribution >= 0.6 is 23.1 Å². The van der Waals surface area contributed by atoms with Crippen LogP contribution in [-0.2, 0) is 12.8 Å². The number of rotatable bonds is 7. The number of anilines is 2. The molecule has 0 bridgehead atoms. The Morgan fingerprint density at radius 2 is 1.86 bits per heavy atom. The van der Waals surface area contributed by atoms with Crippen molar-refractivity contribution < 1.29 is 4.74 Å². The zero-order chi connectivity index (χ0) is 19.3. The third-order valence-electron chi connectivity index (χ3n) is 4.11. The van der Waals surface area contributed by atoms with Gasteiger partial charge < -0.3 is 14.6 Å². The summed E-state index contributed by atoms with van der Waals surface area (Å²) in [6.45, 7) is 0. The Morgan fingerprint density at radius 1 is 1.07 bits per heavy atom. The lowest BCUT2D eigenvalue weighted by atomic mass is 10.2. The van der Waals surface area contributed by atoms with Crippen molar-refractivity contribution in [2.75, 3.05) is 12.4 Å². The number of aromatic nitrogens is 4. The molecule has 0 aliphatic rings. The lowest BCUT2D eigenvalue weighted by Crippen LogP contribution is -1.95. The molecule has 28 heavy (non-hydrogen) atoms. The predicted octanol–water partition coefficient (Wildman–Crippen LogP) is 4.98. The highest BCUT2D eigenvalue weighted by molar-refractivity contribution is 7.98. The Kier molecular flexibility index (Phi) is 5.59. The fourth-order valence-corrected chi connectivity index (χ4v) is 4.29. The molecule has 0 amide bonds. The molecule has 2 heterocycles. The van der Waals surface area contributed by atoms with E-state index in [4.69, 9.17) is 4.74 Å². The van der Waals surface area contributed by atoms with Gasteiger partial charge in [0.2, 0.25) is 0 Å². The van der Waals surface area contributed by atoms with E-state index in [0.717, 1.165) is 44.6 Å². The summed E-state index contributed by atoms with van der Waals surface area (Å²) in [5, 5.41) is 15.8. The summed E-state index contributed by atoms with van der Waals surface area (Å²) >= 11 is 3.22. The van der Waals surface area contributed by atoms with Crippen LogP contribution in [0.5, 0.6) is 5.75 Å². The molecule has 1 N–H and O–H groups in total. The van der Waals surface area contributed by atoms with Crippen LogP contribution in [0.1, 0.15) is 5.69 Å². The fourth-order valence-electron chi connectivity index (χ4n) is 2.65. The molecule has 2 aromatic heterocycles. The van der Waals surface area contributed by atoms with E-state index in [0.29, 0.717) is 0 Å². The molecular weight excluding hydrogens is 390 g/mol. The first-order chi connectivity index (χ1) is 13.7. The zero-order valence-electron chi connectivity index (χ0n) is 15.5. The largest absolute Gasteiger partial charge is 0.497 e. The summed E-state index contributed by atoms with van der Waals surface area (Å²) in [5.74, 6) is 2.39. The van der Waals surface area contributed by atoms with E-state index in [2.05, 4.69) is 25.9 Å². The summed E-state index contributed by atoms with van der Waals surface area (Å²) in [7, 11) is 3.64. The van der Waals surface area contributed by atoms with Crippen molar-refractivity contribution in [1.29, 1.82) is 0 Å². The number of nitrogens with one attached hydrogen (secondary N) is 1. The number of ether oxygens (including phenoxy) is 1. The number of benzene rings is 2. The van der Waals surface area contributed by atoms with Gasteiger partial charge in [0.05, 0.1) is 12.8 Å². The van der Waals surface area contributed by atoms with E-state index < -0.39 is 0 Å². The van der Waals surface area contributed by atoms with Crippen LogP contribution in [0.15, 0.2) is 65.1 Å². The maximum absolute atomic E-state index is 5.21. The molecule has 142 valence electrons. The van der Waals surface area contributed by atoms with Gasteiger partial charge in [0, 0.05) is 29.4 Å². The Labute approximate surface area is 171 Å². The second-order valence-corrected chi connectivity index (χ2v) is 7.82. The Hall–Kier alpha value is -2.84. The fraction of sp³-hybridized carbons (Fsp3) is 0.150. The minimum atomic E-state index is 0.738. The molecular formula is C20H19N5OS2. The van der Waals surface area contributed by atoms with Crippen LogP contribution in [0.4, 0.5) is 10.8 Å². The van der Waals surface area contributed by atoms with Crippen LogP contribution in [0.25, 0.3) is 11.4 Å². The van der Waals surface area contributed by atoms with Gasteiger partial charge in [0.15, 0.2) is 16.1 Å².